The van der Waals surface area contributed by atoms with Gasteiger partial charge in [0.15, 0.2) is 5.76 Å². The van der Waals surface area contributed by atoms with Gasteiger partial charge in [-0.3, -0.25) is 4.79 Å². The molecule has 4 aromatic heterocycles. The Bertz CT molecular complexity index is 998. The first-order chi connectivity index (χ1) is 11.7. The summed E-state index contributed by atoms with van der Waals surface area (Å²) in [5.41, 5.74) is 8.31. The quantitative estimate of drug-likeness (QED) is 0.602. The van der Waals surface area contributed by atoms with Gasteiger partial charge >= 0.3 is 0 Å². The van der Waals surface area contributed by atoms with Crippen LogP contribution >= 0.6 is 0 Å². The third kappa shape index (κ3) is 2.41. The number of furan rings is 1. The molecule has 0 atom stereocenters. The number of aromatic nitrogens is 2. The van der Waals surface area contributed by atoms with Crippen molar-refractivity contribution in [3.63, 3.8) is 0 Å². The van der Waals surface area contributed by atoms with Crippen molar-refractivity contribution >= 4 is 17.1 Å². The number of pyridine rings is 1. The second-order valence-electron chi connectivity index (χ2n) is 5.29. The number of carbonyl (C=O) groups is 1. The molecular formula is C17H14N4O3. The molecular weight excluding hydrogens is 308 g/mol. The fraction of sp³-hybridized carbons (Fsp3) is 0.0588. The van der Waals surface area contributed by atoms with Crippen molar-refractivity contribution in [1.82, 2.24) is 14.9 Å². The molecule has 0 aliphatic rings. The Balaban J connectivity index is 1.49. The van der Waals surface area contributed by atoms with Crippen LogP contribution in [0.15, 0.2) is 64.0 Å². The van der Waals surface area contributed by atoms with Gasteiger partial charge in [-0.15, -0.1) is 0 Å². The van der Waals surface area contributed by atoms with Gasteiger partial charge in [0.25, 0.3) is 5.91 Å². The van der Waals surface area contributed by atoms with Crippen molar-refractivity contribution in [2.24, 2.45) is 0 Å². The highest BCUT2D eigenvalue weighted by Crippen LogP contribution is 2.22. The highest BCUT2D eigenvalue weighted by molar-refractivity contribution is 6.03. The Morgan fingerprint density at radius 1 is 1.25 bits per heavy atom. The molecule has 1 amide bonds. The van der Waals surface area contributed by atoms with Gasteiger partial charge < -0.3 is 24.4 Å². The molecule has 7 heteroatoms. The van der Waals surface area contributed by atoms with E-state index in [2.05, 4.69) is 10.5 Å². The normalized spacial score (nSPS) is 11.0. The van der Waals surface area contributed by atoms with E-state index in [0.29, 0.717) is 28.5 Å². The minimum Gasteiger partial charge on any atom is -0.461 e. The van der Waals surface area contributed by atoms with Crippen LogP contribution in [0.5, 0.6) is 0 Å². The first kappa shape index (κ1) is 14.1. The van der Waals surface area contributed by atoms with Crippen LogP contribution in [0, 0.1) is 0 Å². The van der Waals surface area contributed by atoms with Gasteiger partial charge in [0, 0.05) is 18.5 Å². The van der Waals surface area contributed by atoms with Crippen molar-refractivity contribution in [3.05, 3.63) is 66.3 Å². The van der Waals surface area contributed by atoms with Crippen molar-refractivity contribution in [2.45, 2.75) is 6.54 Å². The molecule has 0 saturated heterocycles. The number of anilines is 1. The van der Waals surface area contributed by atoms with E-state index in [1.807, 2.05) is 28.8 Å². The number of amides is 1. The largest absolute Gasteiger partial charge is 0.461 e. The van der Waals surface area contributed by atoms with Crippen LogP contribution in [0.2, 0.25) is 0 Å². The van der Waals surface area contributed by atoms with Crippen molar-refractivity contribution < 1.29 is 13.7 Å². The second-order valence-corrected chi connectivity index (χ2v) is 5.29. The zero-order chi connectivity index (χ0) is 16.5. The number of nitrogen functional groups attached to an aromatic ring is 1. The van der Waals surface area contributed by atoms with Gasteiger partial charge in [-0.1, -0.05) is 11.2 Å². The fourth-order valence-electron chi connectivity index (χ4n) is 2.52. The SMILES string of the molecule is Nc1c(C(=O)NCc2cc(-c3ccco3)on2)cn2ccccc12. The summed E-state index contributed by atoms with van der Waals surface area (Å²) in [6.45, 7) is 0.231. The topological polar surface area (TPSA) is 98.7 Å². The van der Waals surface area contributed by atoms with Crippen LogP contribution in [-0.2, 0) is 6.54 Å². The average molecular weight is 322 g/mol. The van der Waals surface area contributed by atoms with Crippen LogP contribution < -0.4 is 11.1 Å². The predicted octanol–water partition coefficient (Wildman–Crippen LogP) is 2.70. The van der Waals surface area contributed by atoms with Gasteiger partial charge in [0.1, 0.15) is 5.69 Å². The van der Waals surface area contributed by atoms with Gasteiger partial charge in [-0.2, -0.15) is 0 Å². The van der Waals surface area contributed by atoms with Crippen LogP contribution in [0.3, 0.4) is 0 Å². The van der Waals surface area contributed by atoms with E-state index in [9.17, 15) is 4.79 Å². The lowest BCUT2D eigenvalue weighted by molar-refractivity contribution is 0.0951. The van der Waals surface area contributed by atoms with Crippen LogP contribution in [0.4, 0.5) is 5.69 Å². The molecule has 3 N–H and O–H groups in total. The summed E-state index contributed by atoms with van der Waals surface area (Å²) in [6.07, 6.45) is 5.10. The summed E-state index contributed by atoms with van der Waals surface area (Å²) in [5.74, 6) is 0.833. The molecule has 4 rings (SSSR count). The van der Waals surface area contributed by atoms with Crippen LogP contribution in [0.25, 0.3) is 17.0 Å². The van der Waals surface area contributed by atoms with E-state index in [1.54, 1.807) is 30.7 Å². The van der Waals surface area contributed by atoms with E-state index >= 15 is 0 Å². The number of carbonyl (C=O) groups excluding carboxylic acids is 1. The molecule has 0 aliphatic carbocycles. The Morgan fingerprint density at radius 3 is 2.96 bits per heavy atom. The summed E-state index contributed by atoms with van der Waals surface area (Å²) in [7, 11) is 0. The molecule has 0 radical (unpaired) electrons. The second kappa shape index (κ2) is 5.62. The van der Waals surface area contributed by atoms with Gasteiger partial charge in [0.05, 0.1) is 29.6 Å². The van der Waals surface area contributed by atoms with Gasteiger partial charge in [-0.05, 0) is 24.3 Å². The maximum absolute atomic E-state index is 12.4. The molecule has 7 nitrogen and oxygen atoms in total. The van der Waals surface area contributed by atoms with Crippen molar-refractivity contribution in [3.8, 4) is 11.5 Å². The Morgan fingerprint density at radius 2 is 2.17 bits per heavy atom. The number of nitrogens with two attached hydrogens (primary N) is 1. The summed E-state index contributed by atoms with van der Waals surface area (Å²) >= 11 is 0. The summed E-state index contributed by atoms with van der Waals surface area (Å²) in [4.78, 5) is 12.4. The lowest BCUT2D eigenvalue weighted by atomic mass is 10.2. The minimum absolute atomic E-state index is 0.231. The van der Waals surface area contributed by atoms with E-state index in [1.165, 1.54) is 0 Å². The monoisotopic (exact) mass is 322 g/mol. The first-order valence-electron chi connectivity index (χ1n) is 7.35. The standard InChI is InChI=1S/C17H14N4O3/c18-16-12(10-21-6-2-1-4-13(16)21)17(22)19-9-11-8-15(24-20-11)14-5-3-7-23-14/h1-8,10H,9,18H2,(H,19,22). The summed E-state index contributed by atoms with van der Waals surface area (Å²) in [6, 6.07) is 10.9. The molecule has 0 unspecified atom stereocenters. The Hall–Kier alpha value is -3.48. The van der Waals surface area contributed by atoms with Crippen molar-refractivity contribution in [2.75, 3.05) is 5.73 Å². The van der Waals surface area contributed by atoms with Gasteiger partial charge in [-0.25, -0.2) is 0 Å². The third-order valence-electron chi connectivity index (χ3n) is 3.72. The average Bonchev–Trinajstić information content (AvgIpc) is 3.33. The Kier molecular flexibility index (Phi) is 3.31. The maximum atomic E-state index is 12.4. The molecule has 0 fully saturated rings. The number of nitrogens with one attached hydrogen (secondary N) is 1. The predicted molar refractivity (Wildman–Crippen MR) is 87.2 cm³/mol. The maximum Gasteiger partial charge on any atom is 0.255 e. The number of fused-ring (bicyclic) bond motifs is 1. The third-order valence-corrected chi connectivity index (χ3v) is 3.72. The molecule has 120 valence electrons. The smallest absolute Gasteiger partial charge is 0.255 e. The number of hydrogen-bond acceptors (Lipinski definition) is 5. The summed E-state index contributed by atoms with van der Waals surface area (Å²) in [5, 5.41) is 6.71. The summed E-state index contributed by atoms with van der Waals surface area (Å²) < 4.78 is 12.2. The van der Waals surface area contributed by atoms with Crippen LogP contribution in [0.1, 0.15) is 16.1 Å². The van der Waals surface area contributed by atoms with E-state index < -0.39 is 0 Å². The molecule has 4 heterocycles. The molecule has 0 bridgehead atoms. The van der Waals surface area contributed by atoms with Crippen molar-refractivity contribution in [1.29, 1.82) is 0 Å². The minimum atomic E-state index is -0.265. The molecule has 0 saturated carbocycles. The lowest BCUT2D eigenvalue weighted by Crippen LogP contribution is -2.23. The number of hydrogen-bond donors (Lipinski definition) is 2. The first-order valence-corrected chi connectivity index (χ1v) is 7.35. The zero-order valence-corrected chi connectivity index (χ0v) is 12.6. The zero-order valence-electron chi connectivity index (χ0n) is 12.6. The lowest BCUT2D eigenvalue weighted by Gasteiger charge is -2.01. The highest BCUT2D eigenvalue weighted by atomic mass is 16.5. The molecule has 24 heavy (non-hydrogen) atoms. The molecule has 0 spiro atoms. The molecule has 0 aliphatic heterocycles. The number of rotatable bonds is 4. The fourth-order valence-corrected chi connectivity index (χ4v) is 2.52. The highest BCUT2D eigenvalue weighted by Gasteiger charge is 2.15. The van der Waals surface area contributed by atoms with E-state index in [-0.39, 0.29) is 12.5 Å². The number of nitrogens with zero attached hydrogens (tertiary/aromatic N) is 2. The Labute approximate surface area is 136 Å². The van der Waals surface area contributed by atoms with Crippen LogP contribution in [-0.4, -0.2) is 15.5 Å². The van der Waals surface area contributed by atoms with Gasteiger partial charge in [0.2, 0.25) is 5.76 Å². The molecule has 4 aromatic rings. The van der Waals surface area contributed by atoms with E-state index in [4.69, 9.17) is 14.7 Å². The molecule has 0 aromatic carbocycles. The van der Waals surface area contributed by atoms with E-state index in [0.717, 1.165) is 5.52 Å².